The molecule has 0 aliphatic carbocycles. The number of carbonyl (C=O) groups is 1. The Morgan fingerprint density at radius 3 is 2.64 bits per heavy atom. The van der Waals surface area contributed by atoms with Crippen molar-refractivity contribution in [3.05, 3.63) is 53.1 Å². The van der Waals surface area contributed by atoms with Gasteiger partial charge in [-0.2, -0.15) is 0 Å². The van der Waals surface area contributed by atoms with Crippen molar-refractivity contribution in [1.29, 1.82) is 0 Å². The first-order valence-electron chi connectivity index (χ1n) is 8.24. The number of hydrogen-bond donors (Lipinski definition) is 1. The van der Waals surface area contributed by atoms with Gasteiger partial charge in [0.2, 0.25) is 0 Å². The van der Waals surface area contributed by atoms with Gasteiger partial charge in [0.05, 0.1) is 13.2 Å². The fourth-order valence-corrected chi connectivity index (χ4v) is 2.81. The van der Waals surface area contributed by atoms with E-state index in [4.69, 9.17) is 25.8 Å². The van der Waals surface area contributed by atoms with Crippen LogP contribution in [0.4, 0.5) is 0 Å². The molecule has 132 valence electrons. The standard InChI is InChI=1S/C19H20ClNO4/c1-2-23-15-4-6-16(7-5-15)24-10-9-21-19(22)18-12-13-11-14(20)3-8-17(13)25-18/h3-8,11,18H,2,9-10,12H2,1H3,(H,21,22)/t18-/m1/s1. The number of fused-ring (bicyclic) bond motifs is 1. The molecule has 0 saturated heterocycles. The molecule has 1 heterocycles. The minimum atomic E-state index is -0.515. The molecule has 5 nitrogen and oxygen atoms in total. The van der Waals surface area contributed by atoms with Crippen LogP contribution in [0.15, 0.2) is 42.5 Å². The normalized spacial score (nSPS) is 15.2. The zero-order valence-corrected chi connectivity index (χ0v) is 14.7. The summed E-state index contributed by atoms with van der Waals surface area (Å²) in [6.45, 7) is 3.36. The average Bonchev–Trinajstić information content (AvgIpc) is 3.03. The summed E-state index contributed by atoms with van der Waals surface area (Å²) in [6.07, 6.45) is 0.0144. The molecule has 25 heavy (non-hydrogen) atoms. The van der Waals surface area contributed by atoms with Crippen molar-refractivity contribution in [3.8, 4) is 17.2 Å². The number of nitrogens with one attached hydrogen (secondary N) is 1. The second kappa shape index (κ2) is 8.12. The van der Waals surface area contributed by atoms with Gasteiger partial charge < -0.3 is 19.5 Å². The van der Waals surface area contributed by atoms with E-state index in [9.17, 15) is 4.79 Å². The lowest BCUT2D eigenvalue weighted by atomic mass is 10.1. The van der Waals surface area contributed by atoms with E-state index in [2.05, 4.69) is 5.32 Å². The summed E-state index contributed by atoms with van der Waals surface area (Å²) in [6, 6.07) is 12.8. The molecule has 1 aliphatic heterocycles. The largest absolute Gasteiger partial charge is 0.494 e. The van der Waals surface area contributed by atoms with Crippen molar-refractivity contribution < 1.29 is 19.0 Å². The minimum Gasteiger partial charge on any atom is -0.494 e. The van der Waals surface area contributed by atoms with Crippen LogP contribution >= 0.6 is 11.6 Å². The summed E-state index contributed by atoms with van der Waals surface area (Å²) >= 11 is 5.96. The highest BCUT2D eigenvalue weighted by Gasteiger charge is 2.28. The molecule has 0 spiro atoms. The van der Waals surface area contributed by atoms with E-state index in [1.165, 1.54) is 0 Å². The Morgan fingerprint density at radius 1 is 1.20 bits per heavy atom. The van der Waals surface area contributed by atoms with Crippen LogP contribution in [-0.2, 0) is 11.2 Å². The summed E-state index contributed by atoms with van der Waals surface area (Å²) in [5.74, 6) is 2.11. The third-order valence-corrected chi connectivity index (χ3v) is 4.03. The summed E-state index contributed by atoms with van der Waals surface area (Å²) in [4.78, 5) is 12.2. The van der Waals surface area contributed by atoms with Gasteiger partial charge in [-0.15, -0.1) is 0 Å². The average molecular weight is 362 g/mol. The van der Waals surface area contributed by atoms with Gasteiger partial charge in [0, 0.05) is 11.4 Å². The maximum Gasteiger partial charge on any atom is 0.261 e. The third kappa shape index (κ3) is 4.57. The lowest BCUT2D eigenvalue weighted by molar-refractivity contribution is -0.127. The maximum atomic E-state index is 12.2. The van der Waals surface area contributed by atoms with Crippen LogP contribution in [0.1, 0.15) is 12.5 Å². The molecule has 1 N–H and O–H groups in total. The van der Waals surface area contributed by atoms with Gasteiger partial charge in [-0.3, -0.25) is 4.79 Å². The molecule has 1 atom stereocenters. The zero-order chi connectivity index (χ0) is 17.6. The number of rotatable bonds is 7. The number of benzene rings is 2. The Balaban J connectivity index is 1.40. The van der Waals surface area contributed by atoms with Crippen LogP contribution in [0.5, 0.6) is 17.2 Å². The minimum absolute atomic E-state index is 0.150. The molecular formula is C19H20ClNO4. The van der Waals surface area contributed by atoms with Gasteiger partial charge in [-0.1, -0.05) is 11.6 Å². The summed E-state index contributed by atoms with van der Waals surface area (Å²) in [5.41, 5.74) is 0.957. The highest BCUT2D eigenvalue weighted by molar-refractivity contribution is 6.30. The number of halogens is 1. The smallest absolute Gasteiger partial charge is 0.261 e. The van der Waals surface area contributed by atoms with E-state index in [1.807, 2.05) is 37.3 Å². The molecule has 1 aliphatic rings. The Morgan fingerprint density at radius 2 is 1.92 bits per heavy atom. The fraction of sp³-hybridized carbons (Fsp3) is 0.316. The summed E-state index contributed by atoms with van der Waals surface area (Å²) < 4.78 is 16.6. The Bertz CT molecular complexity index is 733. The number of ether oxygens (including phenoxy) is 3. The van der Waals surface area contributed by atoms with Gasteiger partial charge in [-0.05, 0) is 55.0 Å². The third-order valence-electron chi connectivity index (χ3n) is 3.79. The quantitative estimate of drug-likeness (QED) is 0.769. The van der Waals surface area contributed by atoms with Crippen molar-refractivity contribution in [2.45, 2.75) is 19.4 Å². The van der Waals surface area contributed by atoms with E-state index in [-0.39, 0.29) is 5.91 Å². The SMILES string of the molecule is CCOc1ccc(OCCNC(=O)[C@H]2Cc3cc(Cl)ccc3O2)cc1. The van der Waals surface area contributed by atoms with Crippen molar-refractivity contribution in [3.63, 3.8) is 0 Å². The first kappa shape index (κ1) is 17.4. The second-order valence-corrected chi connectivity index (χ2v) is 6.04. The Hall–Kier alpha value is -2.40. The van der Waals surface area contributed by atoms with Crippen molar-refractivity contribution in [1.82, 2.24) is 5.32 Å². The predicted molar refractivity (Wildman–Crippen MR) is 95.7 cm³/mol. The Labute approximate surface area is 151 Å². The molecule has 2 aromatic carbocycles. The van der Waals surface area contributed by atoms with Crippen LogP contribution < -0.4 is 19.5 Å². The molecule has 2 aromatic rings. The van der Waals surface area contributed by atoms with E-state index in [0.29, 0.717) is 31.2 Å². The van der Waals surface area contributed by atoms with Crippen LogP contribution in [0, 0.1) is 0 Å². The van der Waals surface area contributed by atoms with Crippen LogP contribution in [0.3, 0.4) is 0 Å². The lowest BCUT2D eigenvalue weighted by Gasteiger charge is -2.12. The summed E-state index contributed by atoms with van der Waals surface area (Å²) in [7, 11) is 0. The molecule has 0 bridgehead atoms. The highest BCUT2D eigenvalue weighted by Crippen LogP contribution is 2.31. The molecule has 0 fully saturated rings. The molecule has 6 heteroatoms. The number of carbonyl (C=O) groups excluding carboxylic acids is 1. The van der Waals surface area contributed by atoms with Gasteiger partial charge in [0.25, 0.3) is 5.91 Å². The fourth-order valence-electron chi connectivity index (χ4n) is 2.62. The van der Waals surface area contributed by atoms with Gasteiger partial charge in [0.15, 0.2) is 6.10 Å². The first-order valence-corrected chi connectivity index (χ1v) is 8.62. The topological polar surface area (TPSA) is 56.8 Å². The molecule has 0 unspecified atom stereocenters. The van der Waals surface area contributed by atoms with Crippen LogP contribution in [-0.4, -0.2) is 31.8 Å². The predicted octanol–water partition coefficient (Wildman–Crippen LogP) is 3.24. The van der Waals surface area contributed by atoms with E-state index >= 15 is 0 Å². The molecule has 3 rings (SSSR count). The van der Waals surface area contributed by atoms with Crippen LogP contribution in [0.2, 0.25) is 5.02 Å². The highest BCUT2D eigenvalue weighted by atomic mass is 35.5. The molecule has 1 amide bonds. The second-order valence-electron chi connectivity index (χ2n) is 5.61. The zero-order valence-electron chi connectivity index (χ0n) is 14.0. The van der Waals surface area contributed by atoms with Gasteiger partial charge >= 0.3 is 0 Å². The molecular weight excluding hydrogens is 342 g/mol. The Kier molecular flexibility index (Phi) is 5.66. The number of amides is 1. The van der Waals surface area contributed by atoms with Gasteiger partial charge in [-0.25, -0.2) is 0 Å². The van der Waals surface area contributed by atoms with Crippen molar-refractivity contribution in [2.24, 2.45) is 0 Å². The van der Waals surface area contributed by atoms with Gasteiger partial charge in [0.1, 0.15) is 23.9 Å². The monoisotopic (exact) mass is 361 g/mol. The molecule has 0 radical (unpaired) electrons. The molecule has 0 aromatic heterocycles. The lowest BCUT2D eigenvalue weighted by Crippen LogP contribution is -2.39. The van der Waals surface area contributed by atoms with E-state index in [0.717, 1.165) is 22.8 Å². The maximum absolute atomic E-state index is 12.2. The number of hydrogen-bond acceptors (Lipinski definition) is 4. The summed E-state index contributed by atoms with van der Waals surface area (Å²) in [5, 5.41) is 3.47. The van der Waals surface area contributed by atoms with Crippen LogP contribution in [0.25, 0.3) is 0 Å². The van der Waals surface area contributed by atoms with E-state index in [1.54, 1.807) is 12.1 Å². The molecule has 0 saturated carbocycles. The van der Waals surface area contributed by atoms with E-state index < -0.39 is 6.10 Å². The van der Waals surface area contributed by atoms with Crippen molar-refractivity contribution in [2.75, 3.05) is 19.8 Å². The van der Waals surface area contributed by atoms with Crippen molar-refractivity contribution >= 4 is 17.5 Å². The first-order chi connectivity index (χ1) is 12.2.